The summed E-state index contributed by atoms with van der Waals surface area (Å²) < 4.78 is 5.62. The number of hydrogen-bond donors (Lipinski definition) is 1. The van der Waals surface area contributed by atoms with Crippen LogP contribution in [0.25, 0.3) is 12.2 Å². The monoisotopic (exact) mass is 357 g/mol. The van der Waals surface area contributed by atoms with Crippen molar-refractivity contribution in [3.63, 3.8) is 0 Å². The third-order valence-electron chi connectivity index (χ3n) is 5.44. The third kappa shape index (κ3) is 3.40. The van der Waals surface area contributed by atoms with Crippen molar-refractivity contribution in [3.05, 3.63) is 82.2 Å². The lowest BCUT2D eigenvalue weighted by atomic mass is 10.0. The minimum Gasteiger partial charge on any atom is -0.493 e. The van der Waals surface area contributed by atoms with Gasteiger partial charge < -0.3 is 4.74 Å². The summed E-state index contributed by atoms with van der Waals surface area (Å²) >= 11 is 0. The van der Waals surface area contributed by atoms with E-state index in [0.29, 0.717) is 0 Å². The first-order valence-electron chi connectivity index (χ1n) is 9.61. The molecule has 0 bridgehead atoms. The van der Waals surface area contributed by atoms with Crippen LogP contribution in [-0.4, -0.2) is 28.2 Å². The van der Waals surface area contributed by atoms with Crippen molar-refractivity contribution in [3.8, 4) is 5.75 Å². The third-order valence-corrected chi connectivity index (χ3v) is 5.44. The zero-order valence-corrected chi connectivity index (χ0v) is 15.3. The molecule has 0 saturated heterocycles. The summed E-state index contributed by atoms with van der Waals surface area (Å²) in [5.41, 5.74) is 7.58. The number of fused-ring (bicyclic) bond motifs is 2. The number of aromatic nitrogens is 2. The SMILES string of the molecule is C(=C\c1n[nH]c2c1CN(Cc1ccc3c(c1)CCO3)CC2)/c1ccccc1. The molecule has 4 nitrogen and oxygen atoms in total. The highest BCUT2D eigenvalue weighted by Crippen LogP contribution is 2.28. The first-order chi connectivity index (χ1) is 13.3. The Hall–Kier alpha value is -2.85. The van der Waals surface area contributed by atoms with Crippen LogP contribution < -0.4 is 4.74 Å². The fourth-order valence-electron chi connectivity index (χ4n) is 3.98. The van der Waals surface area contributed by atoms with E-state index in [2.05, 4.69) is 69.7 Å². The maximum atomic E-state index is 5.62. The molecule has 3 aromatic rings. The van der Waals surface area contributed by atoms with E-state index in [4.69, 9.17) is 4.74 Å². The number of H-pyrrole nitrogens is 1. The molecule has 27 heavy (non-hydrogen) atoms. The first kappa shape index (κ1) is 16.3. The minimum atomic E-state index is 0.817. The summed E-state index contributed by atoms with van der Waals surface area (Å²) in [6, 6.07) is 17.0. The molecule has 2 aliphatic rings. The zero-order chi connectivity index (χ0) is 18.1. The van der Waals surface area contributed by atoms with E-state index in [1.807, 2.05) is 6.07 Å². The van der Waals surface area contributed by atoms with Crippen LogP contribution in [0, 0.1) is 0 Å². The van der Waals surface area contributed by atoms with Crippen LogP contribution in [0.1, 0.15) is 33.6 Å². The van der Waals surface area contributed by atoms with Crippen LogP contribution in [0.2, 0.25) is 0 Å². The van der Waals surface area contributed by atoms with E-state index in [9.17, 15) is 0 Å². The lowest BCUT2D eigenvalue weighted by molar-refractivity contribution is 0.244. The molecule has 136 valence electrons. The minimum absolute atomic E-state index is 0.817. The molecule has 2 aromatic carbocycles. The second-order valence-electron chi connectivity index (χ2n) is 7.31. The molecule has 3 heterocycles. The van der Waals surface area contributed by atoms with E-state index in [1.54, 1.807) is 0 Å². The van der Waals surface area contributed by atoms with E-state index in [-0.39, 0.29) is 0 Å². The highest BCUT2D eigenvalue weighted by molar-refractivity contribution is 5.69. The molecule has 1 N–H and O–H groups in total. The summed E-state index contributed by atoms with van der Waals surface area (Å²) in [7, 11) is 0. The van der Waals surface area contributed by atoms with Gasteiger partial charge >= 0.3 is 0 Å². The summed E-state index contributed by atoms with van der Waals surface area (Å²) in [6.45, 7) is 3.79. The number of ether oxygens (including phenoxy) is 1. The van der Waals surface area contributed by atoms with Crippen LogP contribution in [0.15, 0.2) is 48.5 Å². The largest absolute Gasteiger partial charge is 0.493 e. The Kier molecular flexibility index (Phi) is 4.26. The Bertz CT molecular complexity index is 975. The molecule has 0 radical (unpaired) electrons. The summed E-state index contributed by atoms with van der Waals surface area (Å²) in [4.78, 5) is 2.51. The summed E-state index contributed by atoms with van der Waals surface area (Å²) in [5, 5.41) is 7.78. The van der Waals surface area contributed by atoms with Crippen LogP contribution in [0.4, 0.5) is 0 Å². The Balaban J connectivity index is 1.32. The van der Waals surface area contributed by atoms with E-state index in [1.165, 1.54) is 27.9 Å². The molecule has 0 amide bonds. The van der Waals surface area contributed by atoms with Gasteiger partial charge in [0.1, 0.15) is 5.75 Å². The Morgan fingerprint density at radius 1 is 1.07 bits per heavy atom. The molecule has 5 rings (SSSR count). The van der Waals surface area contributed by atoms with Crippen molar-refractivity contribution < 1.29 is 4.74 Å². The number of benzene rings is 2. The standard InChI is InChI=1S/C23H23N3O/c1-2-4-17(5-3-1)6-8-21-20-16-26(12-10-22(20)25-24-21)15-18-7-9-23-19(14-18)11-13-27-23/h1-9,14H,10-13,15-16H2,(H,24,25)/b8-6+. The molecule has 2 aliphatic heterocycles. The van der Waals surface area contributed by atoms with Gasteiger partial charge in [-0.1, -0.05) is 48.5 Å². The first-order valence-corrected chi connectivity index (χ1v) is 9.61. The fourth-order valence-corrected chi connectivity index (χ4v) is 3.98. The number of aromatic amines is 1. The van der Waals surface area contributed by atoms with Gasteiger partial charge in [-0.15, -0.1) is 0 Å². The molecule has 0 aliphatic carbocycles. The van der Waals surface area contributed by atoms with E-state index in [0.717, 1.165) is 50.5 Å². The van der Waals surface area contributed by atoms with Crippen molar-refractivity contribution in [1.82, 2.24) is 15.1 Å². The van der Waals surface area contributed by atoms with Gasteiger partial charge in [0.25, 0.3) is 0 Å². The van der Waals surface area contributed by atoms with Crippen molar-refractivity contribution in [2.24, 2.45) is 0 Å². The Morgan fingerprint density at radius 3 is 2.93 bits per heavy atom. The molecule has 0 spiro atoms. The number of rotatable bonds is 4. The second kappa shape index (κ2) is 7.05. The van der Waals surface area contributed by atoms with Crippen LogP contribution in [0.3, 0.4) is 0 Å². The average molecular weight is 357 g/mol. The van der Waals surface area contributed by atoms with Crippen molar-refractivity contribution in [1.29, 1.82) is 0 Å². The number of nitrogens with one attached hydrogen (secondary N) is 1. The van der Waals surface area contributed by atoms with Gasteiger partial charge in [0.05, 0.1) is 12.3 Å². The van der Waals surface area contributed by atoms with Crippen LogP contribution in [0.5, 0.6) is 5.75 Å². The van der Waals surface area contributed by atoms with Gasteiger partial charge in [0, 0.05) is 43.7 Å². The van der Waals surface area contributed by atoms with Crippen molar-refractivity contribution in [2.45, 2.75) is 25.9 Å². The predicted octanol–water partition coefficient (Wildman–Crippen LogP) is 4.07. The zero-order valence-electron chi connectivity index (χ0n) is 15.3. The highest BCUT2D eigenvalue weighted by Gasteiger charge is 2.21. The van der Waals surface area contributed by atoms with Gasteiger partial charge in [0.15, 0.2) is 0 Å². The predicted molar refractivity (Wildman–Crippen MR) is 107 cm³/mol. The number of nitrogens with zero attached hydrogens (tertiary/aromatic N) is 2. The molecular weight excluding hydrogens is 334 g/mol. The Labute approximate surface area is 159 Å². The lowest BCUT2D eigenvalue weighted by Crippen LogP contribution is -2.30. The van der Waals surface area contributed by atoms with E-state index < -0.39 is 0 Å². The summed E-state index contributed by atoms with van der Waals surface area (Å²) in [5.74, 6) is 1.06. The van der Waals surface area contributed by atoms with Gasteiger partial charge in [-0.05, 0) is 28.8 Å². The highest BCUT2D eigenvalue weighted by atomic mass is 16.5. The van der Waals surface area contributed by atoms with Crippen LogP contribution in [-0.2, 0) is 25.9 Å². The lowest BCUT2D eigenvalue weighted by Gasteiger charge is -2.27. The molecule has 1 aromatic heterocycles. The molecule has 0 unspecified atom stereocenters. The molecular formula is C23H23N3O. The van der Waals surface area contributed by atoms with Crippen molar-refractivity contribution >= 4 is 12.2 Å². The van der Waals surface area contributed by atoms with E-state index >= 15 is 0 Å². The molecule has 0 atom stereocenters. The summed E-state index contributed by atoms with van der Waals surface area (Å²) in [6.07, 6.45) is 6.32. The average Bonchev–Trinajstić information content (AvgIpc) is 3.33. The van der Waals surface area contributed by atoms with Gasteiger partial charge in [0.2, 0.25) is 0 Å². The van der Waals surface area contributed by atoms with Crippen molar-refractivity contribution in [2.75, 3.05) is 13.2 Å². The van der Waals surface area contributed by atoms with Gasteiger partial charge in [-0.25, -0.2) is 0 Å². The smallest absolute Gasteiger partial charge is 0.122 e. The maximum absolute atomic E-state index is 5.62. The normalized spacial score (nSPS) is 16.3. The number of hydrogen-bond acceptors (Lipinski definition) is 3. The quantitative estimate of drug-likeness (QED) is 0.765. The molecule has 0 fully saturated rings. The second-order valence-corrected chi connectivity index (χ2v) is 7.31. The Morgan fingerprint density at radius 2 is 2.00 bits per heavy atom. The fraction of sp³-hybridized carbons (Fsp3) is 0.261. The topological polar surface area (TPSA) is 41.2 Å². The molecule has 0 saturated carbocycles. The van der Waals surface area contributed by atoms with Crippen LogP contribution >= 0.6 is 0 Å². The molecule has 4 heteroatoms. The van der Waals surface area contributed by atoms with Gasteiger partial charge in [-0.3, -0.25) is 10.00 Å². The van der Waals surface area contributed by atoms with Gasteiger partial charge in [-0.2, -0.15) is 5.10 Å². The maximum Gasteiger partial charge on any atom is 0.122 e.